The van der Waals surface area contributed by atoms with Crippen molar-refractivity contribution in [3.63, 3.8) is 0 Å². The maximum Gasteiger partial charge on any atom is 0.0648 e. The Balaban J connectivity index is 1.90. The van der Waals surface area contributed by atoms with E-state index >= 15 is 0 Å². The Morgan fingerprint density at radius 2 is 1.82 bits per heavy atom. The second-order valence-electron chi connectivity index (χ2n) is 3.79. The molecule has 0 amide bonds. The van der Waals surface area contributed by atoms with Gasteiger partial charge in [-0.15, -0.1) is 0 Å². The first-order valence-electron chi connectivity index (χ1n) is 5.48. The van der Waals surface area contributed by atoms with Gasteiger partial charge in [-0.1, -0.05) is 41.9 Å². The number of anilines is 1. The van der Waals surface area contributed by atoms with Crippen LogP contribution in [0.1, 0.15) is 5.56 Å². The van der Waals surface area contributed by atoms with Crippen molar-refractivity contribution < 1.29 is 0 Å². The van der Waals surface area contributed by atoms with Gasteiger partial charge in [-0.05, 0) is 52.8 Å². The van der Waals surface area contributed by atoms with E-state index in [1.165, 1.54) is 5.56 Å². The van der Waals surface area contributed by atoms with Gasteiger partial charge in [0.05, 0.1) is 10.7 Å². The molecular weight excluding hydrogens is 345 g/mol. The van der Waals surface area contributed by atoms with Crippen LogP contribution in [0.3, 0.4) is 0 Å². The molecule has 2 rings (SSSR count). The van der Waals surface area contributed by atoms with Gasteiger partial charge >= 0.3 is 0 Å². The first-order chi connectivity index (χ1) is 8.25. The molecule has 0 fully saturated rings. The summed E-state index contributed by atoms with van der Waals surface area (Å²) in [6.07, 6.45) is 1.00. The lowest BCUT2D eigenvalue weighted by atomic mass is 10.1. The minimum Gasteiger partial charge on any atom is -0.384 e. The van der Waals surface area contributed by atoms with Crippen LogP contribution in [0.4, 0.5) is 5.69 Å². The van der Waals surface area contributed by atoms with E-state index < -0.39 is 0 Å². The van der Waals surface area contributed by atoms with Crippen LogP contribution < -0.4 is 5.32 Å². The Bertz CT molecular complexity index is 485. The Hall–Kier alpha value is -0.740. The molecule has 0 radical (unpaired) electrons. The maximum atomic E-state index is 6.14. The highest BCUT2D eigenvalue weighted by molar-refractivity contribution is 14.1. The summed E-state index contributed by atoms with van der Waals surface area (Å²) in [4.78, 5) is 0. The Morgan fingerprint density at radius 3 is 2.53 bits per heavy atom. The summed E-state index contributed by atoms with van der Waals surface area (Å²) in [7, 11) is 0. The van der Waals surface area contributed by atoms with Crippen LogP contribution in [0, 0.1) is 3.57 Å². The zero-order valence-electron chi connectivity index (χ0n) is 9.29. The number of hydrogen-bond donors (Lipinski definition) is 1. The molecule has 0 saturated carbocycles. The lowest BCUT2D eigenvalue weighted by Gasteiger charge is -2.08. The summed E-state index contributed by atoms with van der Waals surface area (Å²) in [5, 5.41) is 4.14. The lowest BCUT2D eigenvalue weighted by molar-refractivity contribution is 1.02. The van der Waals surface area contributed by atoms with Crippen molar-refractivity contribution in [1.29, 1.82) is 0 Å². The fourth-order valence-electron chi connectivity index (χ4n) is 1.62. The number of rotatable bonds is 4. The third kappa shape index (κ3) is 3.89. The molecule has 1 nitrogen and oxygen atoms in total. The second-order valence-corrected chi connectivity index (χ2v) is 5.44. The minimum absolute atomic E-state index is 0.782. The second kappa shape index (κ2) is 6.26. The summed E-state index contributed by atoms with van der Waals surface area (Å²) in [6, 6.07) is 16.5. The molecule has 0 aromatic heterocycles. The fourth-order valence-corrected chi connectivity index (χ4v) is 2.54. The molecule has 0 aliphatic rings. The molecule has 88 valence electrons. The van der Waals surface area contributed by atoms with Crippen molar-refractivity contribution in [3.05, 3.63) is 62.7 Å². The average molecular weight is 358 g/mol. The Kier molecular flexibility index (Phi) is 4.68. The van der Waals surface area contributed by atoms with Gasteiger partial charge in [-0.2, -0.15) is 0 Å². The van der Waals surface area contributed by atoms with Gasteiger partial charge < -0.3 is 5.32 Å². The highest BCUT2D eigenvalue weighted by atomic mass is 127. The first kappa shape index (κ1) is 12.7. The van der Waals surface area contributed by atoms with Gasteiger partial charge in [0, 0.05) is 10.1 Å². The fraction of sp³-hybridized carbons (Fsp3) is 0.143. The SMILES string of the molecule is Clc1cc(I)ccc1NCCc1ccccc1. The van der Waals surface area contributed by atoms with Gasteiger partial charge in [0.15, 0.2) is 0 Å². The van der Waals surface area contributed by atoms with E-state index in [1.807, 2.05) is 18.2 Å². The molecule has 3 heteroatoms. The molecule has 0 heterocycles. The van der Waals surface area contributed by atoms with Crippen molar-refractivity contribution in [2.24, 2.45) is 0 Å². The molecule has 17 heavy (non-hydrogen) atoms. The largest absolute Gasteiger partial charge is 0.384 e. The van der Waals surface area contributed by atoms with Crippen molar-refractivity contribution >= 4 is 39.9 Å². The van der Waals surface area contributed by atoms with Crippen LogP contribution in [-0.2, 0) is 6.42 Å². The van der Waals surface area contributed by atoms with Gasteiger partial charge in [0.1, 0.15) is 0 Å². The molecule has 0 aliphatic heterocycles. The van der Waals surface area contributed by atoms with E-state index in [1.54, 1.807) is 0 Å². The quantitative estimate of drug-likeness (QED) is 0.789. The first-order valence-corrected chi connectivity index (χ1v) is 6.94. The summed E-state index contributed by atoms with van der Waals surface area (Å²) in [6.45, 7) is 0.893. The van der Waals surface area contributed by atoms with Crippen molar-refractivity contribution in [3.8, 4) is 0 Å². The number of halogens is 2. The Morgan fingerprint density at radius 1 is 1.06 bits per heavy atom. The Labute approximate surface area is 120 Å². The van der Waals surface area contributed by atoms with Crippen molar-refractivity contribution in [2.75, 3.05) is 11.9 Å². The normalized spacial score (nSPS) is 10.2. The summed E-state index contributed by atoms with van der Waals surface area (Å²) in [5.41, 5.74) is 2.34. The van der Waals surface area contributed by atoms with Gasteiger partial charge in [-0.3, -0.25) is 0 Å². The third-order valence-electron chi connectivity index (χ3n) is 2.50. The molecule has 2 aromatic carbocycles. The van der Waals surface area contributed by atoms with E-state index in [4.69, 9.17) is 11.6 Å². The summed E-state index contributed by atoms with van der Waals surface area (Å²) in [5.74, 6) is 0. The predicted octanol–water partition coefficient (Wildman–Crippen LogP) is 4.60. The monoisotopic (exact) mass is 357 g/mol. The lowest BCUT2D eigenvalue weighted by Crippen LogP contribution is -2.05. The van der Waals surface area contributed by atoms with Crippen LogP contribution in [0.2, 0.25) is 5.02 Å². The molecule has 0 aliphatic carbocycles. The predicted molar refractivity (Wildman–Crippen MR) is 82.8 cm³/mol. The highest BCUT2D eigenvalue weighted by Crippen LogP contribution is 2.23. The van der Waals surface area contributed by atoms with Crippen LogP contribution in [0.15, 0.2) is 48.5 Å². The van der Waals surface area contributed by atoms with E-state index in [-0.39, 0.29) is 0 Å². The van der Waals surface area contributed by atoms with E-state index in [0.29, 0.717) is 0 Å². The molecule has 0 atom stereocenters. The smallest absolute Gasteiger partial charge is 0.0648 e. The van der Waals surface area contributed by atoms with E-state index in [0.717, 1.165) is 27.2 Å². The van der Waals surface area contributed by atoms with Gasteiger partial charge in [0.2, 0.25) is 0 Å². The summed E-state index contributed by atoms with van der Waals surface area (Å²) >= 11 is 8.40. The van der Waals surface area contributed by atoms with Crippen LogP contribution in [0.25, 0.3) is 0 Å². The van der Waals surface area contributed by atoms with Crippen molar-refractivity contribution in [2.45, 2.75) is 6.42 Å². The van der Waals surface area contributed by atoms with Crippen LogP contribution in [-0.4, -0.2) is 6.54 Å². The molecule has 0 bridgehead atoms. The van der Waals surface area contributed by atoms with Crippen LogP contribution >= 0.6 is 34.2 Å². The third-order valence-corrected chi connectivity index (χ3v) is 3.49. The molecule has 0 saturated heterocycles. The van der Waals surface area contributed by atoms with E-state index in [9.17, 15) is 0 Å². The number of nitrogens with one attached hydrogen (secondary N) is 1. The molecule has 0 spiro atoms. The zero-order valence-corrected chi connectivity index (χ0v) is 12.2. The topological polar surface area (TPSA) is 12.0 Å². The zero-order chi connectivity index (χ0) is 12.1. The van der Waals surface area contributed by atoms with Gasteiger partial charge in [-0.25, -0.2) is 0 Å². The maximum absolute atomic E-state index is 6.14. The van der Waals surface area contributed by atoms with Gasteiger partial charge in [0.25, 0.3) is 0 Å². The highest BCUT2D eigenvalue weighted by Gasteiger charge is 2.00. The minimum atomic E-state index is 0.782. The van der Waals surface area contributed by atoms with E-state index in [2.05, 4.69) is 58.2 Å². The number of benzene rings is 2. The molecule has 0 unspecified atom stereocenters. The standard InChI is InChI=1S/C14H13ClIN/c15-13-10-12(16)6-7-14(13)17-9-8-11-4-2-1-3-5-11/h1-7,10,17H,8-9H2. The summed E-state index contributed by atoms with van der Waals surface area (Å²) < 4.78 is 1.15. The van der Waals surface area contributed by atoms with Crippen LogP contribution in [0.5, 0.6) is 0 Å². The average Bonchev–Trinajstić information content (AvgIpc) is 2.33. The molecule has 1 N–H and O–H groups in total. The number of hydrogen-bond acceptors (Lipinski definition) is 1. The molecular formula is C14H13ClIN. The molecule has 2 aromatic rings. The van der Waals surface area contributed by atoms with Crippen molar-refractivity contribution in [1.82, 2.24) is 0 Å².